The standard InChI is InChI=1S/C17H20FN3O3/c1-10-5-7-17(8-6-10)15(23)21(16(24)19-17)20-14(22)12-4-3-11(2)13(18)9-12/h3-4,9-10H,5-8H2,1-2H3,(H,19,24)(H,20,22). The number of nitrogens with zero attached hydrogens (tertiary/aromatic N) is 1. The highest BCUT2D eigenvalue weighted by Crippen LogP contribution is 2.35. The second-order valence-corrected chi connectivity index (χ2v) is 6.74. The highest BCUT2D eigenvalue weighted by Gasteiger charge is 2.52. The lowest BCUT2D eigenvalue weighted by Gasteiger charge is -2.33. The first kappa shape index (κ1) is 16.4. The van der Waals surface area contributed by atoms with Crippen LogP contribution in [0.3, 0.4) is 0 Å². The number of halogens is 1. The van der Waals surface area contributed by atoms with Gasteiger partial charge in [-0.05, 0) is 56.2 Å². The number of hydrogen-bond donors (Lipinski definition) is 2. The van der Waals surface area contributed by atoms with E-state index in [2.05, 4.69) is 17.7 Å². The molecule has 1 heterocycles. The van der Waals surface area contributed by atoms with Crippen LogP contribution in [-0.2, 0) is 4.79 Å². The summed E-state index contributed by atoms with van der Waals surface area (Å²) in [5.74, 6) is -1.14. The normalized spacial score (nSPS) is 26.6. The molecule has 1 aliphatic heterocycles. The van der Waals surface area contributed by atoms with Crippen molar-refractivity contribution in [1.29, 1.82) is 0 Å². The van der Waals surface area contributed by atoms with Crippen LogP contribution in [0.4, 0.5) is 9.18 Å². The number of hydrazine groups is 1. The fourth-order valence-corrected chi connectivity index (χ4v) is 3.22. The molecule has 1 spiro atoms. The summed E-state index contributed by atoms with van der Waals surface area (Å²) in [6.45, 7) is 3.70. The van der Waals surface area contributed by atoms with Crippen LogP contribution < -0.4 is 10.7 Å². The molecule has 0 atom stereocenters. The quantitative estimate of drug-likeness (QED) is 0.815. The van der Waals surface area contributed by atoms with Gasteiger partial charge in [0.25, 0.3) is 11.8 Å². The molecule has 3 rings (SSSR count). The number of carbonyl (C=O) groups is 3. The summed E-state index contributed by atoms with van der Waals surface area (Å²) in [5, 5.41) is 3.43. The molecule has 0 aromatic heterocycles. The number of nitrogens with one attached hydrogen (secondary N) is 2. The number of benzene rings is 1. The van der Waals surface area contributed by atoms with Gasteiger partial charge in [0, 0.05) is 5.56 Å². The molecule has 2 N–H and O–H groups in total. The fraction of sp³-hybridized carbons (Fsp3) is 0.471. The molecular weight excluding hydrogens is 313 g/mol. The predicted molar refractivity (Wildman–Crippen MR) is 84.3 cm³/mol. The first-order valence-corrected chi connectivity index (χ1v) is 8.06. The number of amides is 4. The SMILES string of the molecule is Cc1ccc(C(=O)NN2C(=O)NC3(CCC(C)CC3)C2=O)cc1F. The summed E-state index contributed by atoms with van der Waals surface area (Å²) in [6.07, 6.45) is 2.81. The van der Waals surface area contributed by atoms with Crippen LogP contribution in [0.1, 0.15) is 48.5 Å². The number of rotatable bonds is 2. The molecular formula is C17H20FN3O3. The smallest absolute Gasteiger partial charge is 0.322 e. The first-order chi connectivity index (χ1) is 11.3. The number of carbonyl (C=O) groups excluding carboxylic acids is 3. The maximum Gasteiger partial charge on any atom is 0.344 e. The second-order valence-electron chi connectivity index (χ2n) is 6.74. The van der Waals surface area contributed by atoms with E-state index in [1.54, 1.807) is 6.92 Å². The van der Waals surface area contributed by atoms with E-state index in [4.69, 9.17) is 0 Å². The van der Waals surface area contributed by atoms with E-state index >= 15 is 0 Å². The van der Waals surface area contributed by atoms with Gasteiger partial charge in [-0.25, -0.2) is 9.18 Å². The number of aryl methyl sites for hydroxylation is 1. The molecule has 2 aliphatic rings. The third kappa shape index (κ3) is 2.74. The van der Waals surface area contributed by atoms with Gasteiger partial charge in [0.15, 0.2) is 0 Å². The molecule has 0 unspecified atom stereocenters. The van der Waals surface area contributed by atoms with E-state index in [9.17, 15) is 18.8 Å². The van der Waals surface area contributed by atoms with E-state index < -0.39 is 29.2 Å². The Bertz CT molecular complexity index is 711. The van der Waals surface area contributed by atoms with Crippen molar-refractivity contribution in [3.63, 3.8) is 0 Å². The van der Waals surface area contributed by atoms with E-state index in [1.807, 2.05) is 0 Å². The molecule has 0 bridgehead atoms. The third-order valence-corrected chi connectivity index (χ3v) is 4.94. The summed E-state index contributed by atoms with van der Waals surface area (Å²) in [4.78, 5) is 37.0. The van der Waals surface area contributed by atoms with E-state index in [-0.39, 0.29) is 5.56 Å². The van der Waals surface area contributed by atoms with Gasteiger partial charge in [0.2, 0.25) is 0 Å². The van der Waals surface area contributed by atoms with Crippen LogP contribution in [-0.4, -0.2) is 28.4 Å². The van der Waals surface area contributed by atoms with Crippen molar-refractivity contribution in [3.8, 4) is 0 Å². The van der Waals surface area contributed by atoms with Crippen LogP contribution in [0.2, 0.25) is 0 Å². The minimum absolute atomic E-state index is 0.0527. The van der Waals surface area contributed by atoms with Crippen LogP contribution in [0.5, 0.6) is 0 Å². The van der Waals surface area contributed by atoms with Gasteiger partial charge in [0.1, 0.15) is 11.4 Å². The molecule has 1 saturated carbocycles. The fourth-order valence-electron chi connectivity index (χ4n) is 3.22. The van der Waals surface area contributed by atoms with Gasteiger partial charge in [-0.2, -0.15) is 5.01 Å². The minimum Gasteiger partial charge on any atom is -0.322 e. The Morgan fingerprint density at radius 3 is 2.62 bits per heavy atom. The lowest BCUT2D eigenvalue weighted by Crippen LogP contribution is -2.51. The molecule has 1 aliphatic carbocycles. The molecule has 4 amide bonds. The molecule has 7 heteroatoms. The largest absolute Gasteiger partial charge is 0.344 e. The maximum absolute atomic E-state index is 13.6. The molecule has 1 aromatic rings. The Labute approximate surface area is 139 Å². The Kier molecular flexibility index (Phi) is 4.03. The van der Waals surface area contributed by atoms with Gasteiger partial charge in [-0.1, -0.05) is 13.0 Å². The average Bonchev–Trinajstić information content (AvgIpc) is 2.77. The Hall–Kier alpha value is -2.44. The Morgan fingerprint density at radius 2 is 2.00 bits per heavy atom. The Balaban J connectivity index is 1.75. The van der Waals surface area contributed by atoms with Crippen molar-refractivity contribution in [2.24, 2.45) is 5.92 Å². The van der Waals surface area contributed by atoms with Crippen LogP contribution in [0.15, 0.2) is 18.2 Å². The first-order valence-electron chi connectivity index (χ1n) is 8.06. The molecule has 6 nitrogen and oxygen atoms in total. The molecule has 0 radical (unpaired) electrons. The number of hydrogen-bond acceptors (Lipinski definition) is 3. The second kappa shape index (κ2) is 5.89. The van der Waals surface area contributed by atoms with Crippen molar-refractivity contribution in [2.75, 3.05) is 0 Å². The van der Waals surface area contributed by atoms with Crippen molar-refractivity contribution >= 4 is 17.8 Å². The lowest BCUT2D eigenvalue weighted by molar-refractivity contribution is -0.134. The van der Waals surface area contributed by atoms with Gasteiger partial charge in [0.05, 0.1) is 0 Å². The number of urea groups is 1. The average molecular weight is 333 g/mol. The zero-order valence-electron chi connectivity index (χ0n) is 13.7. The summed E-state index contributed by atoms with van der Waals surface area (Å²) in [7, 11) is 0. The number of imide groups is 1. The van der Waals surface area contributed by atoms with Crippen molar-refractivity contribution < 1.29 is 18.8 Å². The minimum atomic E-state index is -0.921. The summed E-state index contributed by atoms with van der Waals surface area (Å²) in [5.41, 5.74) is 1.84. The van der Waals surface area contributed by atoms with E-state index in [1.165, 1.54) is 12.1 Å². The predicted octanol–water partition coefficient (Wildman–Crippen LogP) is 2.28. The van der Waals surface area contributed by atoms with Crippen molar-refractivity contribution in [1.82, 2.24) is 15.8 Å². The zero-order chi connectivity index (χ0) is 17.5. The van der Waals surface area contributed by atoms with Gasteiger partial charge >= 0.3 is 6.03 Å². The summed E-state index contributed by atoms with van der Waals surface area (Å²) in [6, 6.07) is 3.36. The zero-order valence-corrected chi connectivity index (χ0v) is 13.7. The van der Waals surface area contributed by atoms with Gasteiger partial charge in [-0.15, -0.1) is 0 Å². The third-order valence-electron chi connectivity index (χ3n) is 4.94. The van der Waals surface area contributed by atoms with Crippen LogP contribution in [0.25, 0.3) is 0 Å². The summed E-state index contributed by atoms with van der Waals surface area (Å²) < 4.78 is 13.6. The highest BCUT2D eigenvalue weighted by atomic mass is 19.1. The molecule has 1 aromatic carbocycles. The summed E-state index contributed by atoms with van der Waals surface area (Å²) >= 11 is 0. The molecule has 1 saturated heterocycles. The van der Waals surface area contributed by atoms with E-state index in [0.29, 0.717) is 24.3 Å². The van der Waals surface area contributed by atoms with Gasteiger partial charge < -0.3 is 5.32 Å². The monoisotopic (exact) mass is 333 g/mol. The maximum atomic E-state index is 13.6. The van der Waals surface area contributed by atoms with Gasteiger partial charge in [-0.3, -0.25) is 15.0 Å². The lowest BCUT2D eigenvalue weighted by atomic mass is 9.77. The molecule has 128 valence electrons. The highest BCUT2D eigenvalue weighted by molar-refractivity contribution is 6.09. The molecule has 2 fully saturated rings. The molecule has 24 heavy (non-hydrogen) atoms. The Morgan fingerprint density at radius 1 is 1.33 bits per heavy atom. The topological polar surface area (TPSA) is 78.5 Å². The van der Waals surface area contributed by atoms with Crippen LogP contribution >= 0.6 is 0 Å². The van der Waals surface area contributed by atoms with Crippen LogP contribution in [0, 0.1) is 18.7 Å². The van der Waals surface area contributed by atoms with E-state index in [0.717, 1.165) is 23.9 Å². The van der Waals surface area contributed by atoms with Crippen molar-refractivity contribution in [3.05, 3.63) is 35.1 Å². The van der Waals surface area contributed by atoms with Crippen molar-refractivity contribution in [2.45, 2.75) is 45.1 Å².